The van der Waals surface area contributed by atoms with Gasteiger partial charge in [0.2, 0.25) is 0 Å². The molecule has 19 heavy (non-hydrogen) atoms. The number of benzene rings is 1. The Labute approximate surface area is 113 Å². The minimum absolute atomic E-state index is 0.109. The lowest BCUT2D eigenvalue weighted by molar-refractivity contribution is -0.140. The number of ether oxygens (including phenoxy) is 1. The Balaban J connectivity index is 2.35. The normalized spacial score (nSPS) is 10.6. The van der Waals surface area contributed by atoms with Gasteiger partial charge in [-0.3, -0.25) is 4.79 Å². The Morgan fingerprint density at radius 1 is 1.42 bits per heavy atom. The van der Waals surface area contributed by atoms with Crippen LogP contribution in [0.3, 0.4) is 0 Å². The maximum absolute atomic E-state index is 11.7. The fraction of sp³-hybridized carbons (Fsp3) is 0.231. The molecule has 0 fully saturated rings. The molecule has 0 unspecified atom stereocenters. The Morgan fingerprint density at radius 3 is 2.84 bits per heavy atom. The molecule has 0 amide bonds. The number of fused-ring (bicyclic) bond motifs is 1. The van der Waals surface area contributed by atoms with E-state index in [0.29, 0.717) is 10.9 Å². The first-order valence-electron chi connectivity index (χ1n) is 5.56. The molecular weight excluding hydrogens is 272 g/mol. The second-order valence-electron chi connectivity index (χ2n) is 3.99. The van der Waals surface area contributed by atoms with E-state index >= 15 is 0 Å². The molecule has 0 aliphatic carbocycles. The van der Waals surface area contributed by atoms with Crippen LogP contribution in [0.5, 0.6) is 5.75 Å². The molecule has 0 atom stereocenters. The van der Waals surface area contributed by atoms with Crippen LogP contribution < -0.4 is 5.63 Å². The average molecular weight is 283 g/mol. The highest BCUT2D eigenvalue weighted by Gasteiger charge is 2.09. The summed E-state index contributed by atoms with van der Waals surface area (Å²) >= 11 is 5.79. The largest absolute Gasteiger partial charge is 0.506 e. The van der Waals surface area contributed by atoms with E-state index in [1.54, 1.807) is 6.07 Å². The van der Waals surface area contributed by atoms with Gasteiger partial charge in [-0.25, -0.2) is 4.79 Å². The summed E-state index contributed by atoms with van der Waals surface area (Å²) in [5.41, 5.74) is 0.111. The Bertz CT molecular complexity index is 689. The van der Waals surface area contributed by atoms with E-state index in [1.807, 2.05) is 0 Å². The van der Waals surface area contributed by atoms with E-state index in [1.165, 1.54) is 19.1 Å². The van der Waals surface area contributed by atoms with Crippen molar-refractivity contribution in [3.63, 3.8) is 0 Å². The van der Waals surface area contributed by atoms with Crippen LogP contribution in [0.15, 0.2) is 27.4 Å². The van der Waals surface area contributed by atoms with Gasteiger partial charge >= 0.3 is 11.6 Å². The smallest absolute Gasteiger partial charge is 0.339 e. The summed E-state index contributed by atoms with van der Waals surface area (Å²) in [6.45, 7) is 1.41. The minimum atomic E-state index is -0.527. The molecule has 100 valence electrons. The number of carbonyl (C=O) groups excluding carboxylic acids is 1. The van der Waals surface area contributed by atoms with Crippen LogP contribution in [-0.4, -0.2) is 17.7 Å². The van der Waals surface area contributed by atoms with E-state index in [4.69, 9.17) is 20.8 Å². The van der Waals surface area contributed by atoms with Crippen molar-refractivity contribution in [2.75, 3.05) is 6.61 Å². The lowest BCUT2D eigenvalue weighted by atomic mass is 10.1. The number of halogens is 1. The number of rotatable bonds is 3. The maximum atomic E-state index is 11.7. The summed E-state index contributed by atoms with van der Waals surface area (Å²) in [6, 6.07) is 4.40. The number of hydrogen-bond acceptors (Lipinski definition) is 5. The maximum Gasteiger partial charge on any atom is 0.339 e. The number of carbonyl (C=O) groups is 1. The first-order valence-corrected chi connectivity index (χ1v) is 5.94. The SMILES string of the molecule is CC(=O)OCCc1cc2cc(Cl)c(O)cc2oc1=O. The Hall–Kier alpha value is -2.01. The van der Waals surface area contributed by atoms with Gasteiger partial charge in [0.25, 0.3) is 0 Å². The van der Waals surface area contributed by atoms with Crippen molar-refractivity contribution in [1.82, 2.24) is 0 Å². The zero-order valence-corrected chi connectivity index (χ0v) is 10.9. The van der Waals surface area contributed by atoms with E-state index in [9.17, 15) is 14.7 Å². The predicted molar refractivity (Wildman–Crippen MR) is 69.5 cm³/mol. The van der Waals surface area contributed by atoms with Crippen molar-refractivity contribution in [3.8, 4) is 5.75 Å². The van der Waals surface area contributed by atoms with Gasteiger partial charge in [0, 0.05) is 30.4 Å². The standard InChI is InChI=1S/C13H11ClO5/c1-7(15)18-3-2-8-4-9-5-10(14)11(16)6-12(9)19-13(8)17/h4-6,16H,2-3H2,1H3. The molecule has 6 heteroatoms. The van der Waals surface area contributed by atoms with Crippen LogP contribution in [0, 0.1) is 0 Å². The summed E-state index contributed by atoms with van der Waals surface area (Å²) in [6.07, 6.45) is 0.260. The van der Waals surface area contributed by atoms with Gasteiger partial charge in [0.15, 0.2) is 0 Å². The van der Waals surface area contributed by atoms with E-state index < -0.39 is 11.6 Å². The predicted octanol–water partition coefficient (Wildman–Crippen LogP) is 2.26. The van der Waals surface area contributed by atoms with Crippen molar-refractivity contribution in [3.05, 3.63) is 39.2 Å². The van der Waals surface area contributed by atoms with Crippen LogP contribution in [0.25, 0.3) is 11.0 Å². The summed E-state index contributed by atoms with van der Waals surface area (Å²) < 4.78 is 9.84. The van der Waals surface area contributed by atoms with Crippen molar-refractivity contribution < 1.29 is 19.1 Å². The summed E-state index contributed by atoms with van der Waals surface area (Å²) in [4.78, 5) is 22.3. The zero-order chi connectivity index (χ0) is 14.0. The first kappa shape index (κ1) is 13.4. The van der Waals surface area contributed by atoms with Gasteiger partial charge in [-0.05, 0) is 12.1 Å². The molecule has 0 radical (unpaired) electrons. The van der Waals surface area contributed by atoms with Crippen LogP contribution in [0.1, 0.15) is 12.5 Å². The minimum Gasteiger partial charge on any atom is -0.506 e. The van der Waals surface area contributed by atoms with Gasteiger partial charge in [-0.15, -0.1) is 0 Å². The molecular formula is C13H11ClO5. The summed E-state index contributed by atoms with van der Waals surface area (Å²) in [5.74, 6) is -0.553. The van der Waals surface area contributed by atoms with Crippen molar-refractivity contribution in [2.45, 2.75) is 13.3 Å². The number of esters is 1. The first-order chi connectivity index (χ1) is 8.97. The summed E-state index contributed by atoms with van der Waals surface area (Å²) in [5, 5.41) is 10.2. The molecule has 1 aromatic heterocycles. The molecule has 0 saturated carbocycles. The molecule has 0 bridgehead atoms. The molecule has 1 N–H and O–H groups in total. The molecule has 0 saturated heterocycles. The summed E-state index contributed by atoms with van der Waals surface area (Å²) in [7, 11) is 0. The third-order valence-corrected chi connectivity index (χ3v) is 2.85. The van der Waals surface area contributed by atoms with Gasteiger partial charge < -0.3 is 14.3 Å². The van der Waals surface area contributed by atoms with Gasteiger partial charge in [0.05, 0.1) is 11.6 Å². The van der Waals surface area contributed by atoms with Crippen LogP contribution >= 0.6 is 11.6 Å². The quantitative estimate of drug-likeness (QED) is 0.690. The third-order valence-electron chi connectivity index (χ3n) is 2.55. The molecule has 0 spiro atoms. The van der Waals surface area contributed by atoms with Crippen molar-refractivity contribution >= 4 is 28.5 Å². The van der Waals surface area contributed by atoms with Gasteiger partial charge in [0.1, 0.15) is 11.3 Å². The van der Waals surface area contributed by atoms with Gasteiger partial charge in [-0.2, -0.15) is 0 Å². The van der Waals surface area contributed by atoms with E-state index in [-0.39, 0.29) is 29.4 Å². The highest BCUT2D eigenvalue weighted by atomic mass is 35.5. The number of phenolic OH excluding ortho intramolecular Hbond substituents is 1. The fourth-order valence-electron chi connectivity index (χ4n) is 1.65. The topological polar surface area (TPSA) is 76.7 Å². The van der Waals surface area contributed by atoms with Crippen molar-refractivity contribution in [1.29, 1.82) is 0 Å². The average Bonchev–Trinajstić information content (AvgIpc) is 2.32. The van der Waals surface area contributed by atoms with E-state index in [0.717, 1.165) is 0 Å². The lowest BCUT2D eigenvalue weighted by Gasteiger charge is -2.04. The second-order valence-corrected chi connectivity index (χ2v) is 4.40. The zero-order valence-electron chi connectivity index (χ0n) is 10.1. The molecule has 2 rings (SSSR count). The third kappa shape index (κ3) is 3.06. The molecule has 5 nitrogen and oxygen atoms in total. The number of aromatic hydroxyl groups is 1. The van der Waals surface area contributed by atoms with Crippen LogP contribution in [0.2, 0.25) is 5.02 Å². The van der Waals surface area contributed by atoms with Crippen molar-refractivity contribution in [2.24, 2.45) is 0 Å². The molecule has 1 heterocycles. The lowest BCUT2D eigenvalue weighted by Crippen LogP contribution is -2.11. The number of phenols is 1. The highest BCUT2D eigenvalue weighted by Crippen LogP contribution is 2.28. The Kier molecular flexibility index (Phi) is 3.76. The second kappa shape index (κ2) is 5.32. The molecule has 1 aromatic carbocycles. The van der Waals surface area contributed by atoms with Gasteiger partial charge in [-0.1, -0.05) is 11.6 Å². The molecule has 0 aliphatic heterocycles. The molecule has 0 aliphatic rings. The number of hydrogen-bond donors (Lipinski definition) is 1. The fourth-order valence-corrected chi connectivity index (χ4v) is 1.82. The Morgan fingerprint density at radius 2 is 2.16 bits per heavy atom. The van der Waals surface area contributed by atoms with E-state index in [2.05, 4.69) is 0 Å². The van der Waals surface area contributed by atoms with Crippen LogP contribution in [0.4, 0.5) is 0 Å². The monoisotopic (exact) mass is 282 g/mol. The highest BCUT2D eigenvalue weighted by molar-refractivity contribution is 6.32. The van der Waals surface area contributed by atoms with Crippen LogP contribution in [-0.2, 0) is 16.0 Å². The molecule has 2 aromatic rings.